The van der Waals surface area contributed by atoms with Crippen molar-refractivity contribution in [1.29, 1.82) is 0 Å². The third kappa shape index (κ3) is 6.23. The Bertz CT molecular complexity index is 1150. The molecule has 2 N–H and O–H groups in total. The fourth-order valence-electron chi connectivity index (χ4n) is 3.18. The van der Waals surface area contributed by atoms with Crippen LogP contribution in [0.15, 0.2) is 41.3 Å². The van der Waals surface area contributed by atoms with Gasteiger partial charge in [-0.25, -0.2) is 8.42 Å². The van der Waals surface area contributed by atoms with Gasteiger partial charge < -0.3 is 19.5 Å². The zero-order chi connectivity index (χ0) is 24.2. The van der Waals surface area contributed by atoms with Gasteiger partial charge in [-0.2, -0.15) is 4.72 Å². The molecule has 1 aliphatic rings. The zero-order valence-corrected chi connectivity index (χ0v) is 19.8. The first-order valence-electron chi connectivity index (χ1n) is 10.6. The number of anilines is 1. The fraction of sp³-hybridized carbons (Fsp3) is 0.391. The number of nitrogens with one attached hydrogen (secondary N) is 2. The topological polar surface area (TPSA) is 120 Å². The molecule has 9 nitrogen and oxygen atoms in total. The van der Waals surface area contributed by atoms with Gasteiger partial charge in [-0.1, -0.05) is 17.7 Å². The van der Waals surface area contributed by atoms with Crippen molar-refractivity contribution in [2.45, 2.75) is 51.2 Å². The third-order valence-corrected chi connectivity index (χ3v) is 6.56. The van der Waals surface area contributed by atoms with E-state index in [1.807, 2.05) is 26.0 Å². The summed E-state index contributed by atoms with van der Waals surface area (Å²) in [6.07, 6.45) is -0.434. The highest BCUT2D eigenvalue weighted by Crippen LogP contribution is 2.31. The average Bonchev–Trinajstić information content (AvgIpc) is 3.00. The smallest absolute Gasteiger partial charge is 0.324 e. The molecule has 0 saturated heterocycles. The molecular weight excluding hydrogens is 448 g/mol. The number of carbonyl (C=O) groups is 2. The third-order valence-electron chi connectivity index (χ3n) is 5.02. The molecule has 2 unspecified atom stereocenters. The predicted octanol–water partition coefficient (Wildman–Crippen LogP) is 2.70. The van der Waals surface area contributed by atoms with Crippen LogP contribution in [0.2, 0.25) is 0 Å². The van der Waals surface area contributed by atoms with E-state index in [4.69, 9.17) is 14.2 Å². The quantitative estimate of drug-likeness (QED) is 0.590. The van der Waals surface area contributed by atoms with E-state index in [1.165, 1.54) is 32.0 Å². The molecule has 1 aliphatic heterocycles. The van der Waals surface area contributed by atoms with Gasteiger partial charge in [-0.3, -0.25) is 9.59 Å². The van der Waals surface area contributed by atoms with E-state index in [9.17, 15) is 18.0 Å². The molecule has 2 atom stereocenters. The Morgan fingerprint density at radius 1 is 1.00 bits per heavy atom. The second-order valence-corrected chi connectivity index (χ2v) is 9.60. The van der Waals surface area contributed by atoms with Crippen LogP contribution < -0.4 is 19.5 Å². The Kier molecular flexibility index (Phi) is 7.60. The van der Waals surface area contributed by atoms with Crippen molar-refractivity contribution >= 4 is 27.6 Å². The summed E-state index contributed by atoms with van der Waals surface area (Å²) in [5.74, 6) is -0.616. The SMILES string of the molecule is Cc1ccc(NC(=O)C(C)OC(=O)C(C)NS(=O)(=O)c2ccc3c(c2)OCCCO3)c(C)c1. The first kappa shape index (κ1) is 24.5. The minimum Gasteiger partial charge on any atom is -0.490 e. The molecule has 1 heterocycles. The second-order valence-electron chi connectivity index (χ2n) is 7.89. The molecule has 0 saturated carbocycles. The molecule has 0 bridgehead atoms. The van der Waals surface area contributed by atoms with Gasteiger partial charge in [0.2, 0.25) is 10.0 Å². The van der Waals surface area contributed by atoms with Crippen molar-refractivity contribution in [2.75, 3.05) is 18.5 Å². The number of amides is 1. The standard InChI is InChI=1S/C23H28N2O7S/c1-14-6-8-19(15(2)12-14)24-22(26)17(4)32-23(27)16(3)25-33(28,29)18-7-9-20-21(13-18)31-11-5-10-30-20/h6-9,12-13,16-17,25H,5,10-11H2,1-4H3,(H,24,26). The molecule has 1 amide bonds. The number of benzene rings is 2. The van der Waals surface area contributed by atoms with Gasteiger partial charge in [0.1, 0.15) is 6.04 Å². The number of esters is 1. The summed E-state index contributed by atoms with van der Waals surface area (Å²) in [5.41, 5.74) is 2.54. The molecule has 0 fully saturated rings. The summed E-state index contributed by atoms with van der Waals surface area (Å²) in [6, 6.07) is 8.55. The van der Waals surface area contributed by atoms with Gasteiger partial charge >= 0.3 is 5.97 Å². The first-order valence-corrected chi connectivity index (χ1v) is 12.1. The average molecular weight is 477 g/mol. The number of sulfonamides is 1. The fourth-order valence-corrected chi connectivity index (χ4v) is 4.38. The number of hydrogen-bond acceptors (Lipinski definition) is 7. The van der Waals surface area contributed by atoms with Crippen molar-refractivity contribution in [3.05, 3.63) is 47.5 Å². The van der Waals surface area contributed by atoms with E-state index >= 15 is 0 Å². The number of hydrogen-bond donors (Lipinski definition) is 2. The van der Waals surface area contributed by atoms with E-state index < -0.39 is 34.0 Å². The molecule has 0 radical (unpaired) electrons. The molecule has 2 aromatic rings. The van der Waals surface area contributed by atoms with E-state index in [2.05, 4.69) is 10.0 Å². The molecule has 2 aromatic carbocycles. The summed E-state index contributed by atoms with van der Waals surface area (Å²) in [5, 5.41) is 2.71. The lowest BCUT2D eigenvalue weighted by atomic mass is 10.1. The Labute approximate surface area is 193 Å². The van der Waals surface area contributed by atoms with Crippen LogP contribution in [-0.2, 0) is 24.3 Å². The number of rotatable bonds is 7. The maximum atomic E-state index is 12.8. The van der Waals surface area contributed by atoms with Gasteiger partial charge in [0.15, 0.2) is 17.6 Å². The van der Waals surface area contributed by atoms with Crippen LogP contribution in [0.25, 0.3) is 0 Å². The lowest BCUT2D eigenvalue weighted by Crippen LogP contribution is -2.42. The monoisotopic (exact) mass is 476 g/mol. The van der Waals surface area contributed by atoms with Crippen LogP contribution >= 0.6 is 0 Å². The van der Waals surface area contributed by atoms with E-state index in [-0.39, 0.29) is 4.90 Å². The normalized spacial score (nSPS) is 15.2. The summed E-state index contributed by atoms with van der Waals surface area (Å²) in [4.78, 5) is 24.8. The summed E-state index contributed by atoms with van der Waals surface area (Å²) >= 11 is 0. The van der Waals surface area contributed by atoms with Crippen LogP contribution in [0.3, 0.4) is 0 Å². The maximum Gasteiger partial charge on any atom is 0.324 e. The van der Waals surface area contributed by atoms with Crippen molar-refractivity contribution < 1.29 is 32.2 Å². The number of aryl methyl sites for hydroxylation is 2. The molecule has 178 valence electrons. The highest BCUT2D eigenvalue weighted by molar-refractivity contribution is 7.89. The predicted molar refractivity (Wildman–Crippen MR) is 122 cm³/mol. The van der Waals surface area contributed by atoms with Gasteiger partial charge in [0, 0.05) is 18.2 Å². The first-order chi connectivity index (χ1) is 15.6. The Morgan fingerprint density at radius 3 is 2.39 bits per heavy atom. The summed E-state index contributed by atoms with van der Waals surface area (Å²) in [7, 11) is -4.05. The lowest BCUT2D eigenvalue weighted by molar-refractivity contribution is -0.154. The lowest BCUT2D eigenvalue weighted by Gasteiger charge is -2.18. The molecule has 10 heteroatoms. The van der Waals surface area contributed by atoms with Crippen molar-refractivity contribution in [3.8, 4) is 11.5 Å². The Balaban J connectivity index is 1.61. The minimum atomic E-state index is -4.05. The van der Waals surface area contributed by atoms with Crippen LogP contribution in [0.5, 0.6) is 11.5 Å². The van der Waals surface area contributed by atoms with Crippen molar-refractivity contribution in [2.24, 2.45) is 0 Å². The second kappa shape index (κ2) is 10.2. The van der Waals surface area contributed by atoms with Crippen molar-refractivity contribution in [3.63, 3.8) is 0 Å². The minimum absolute atomic E-state index is 0.0768. The molecule has 33 heavy (non-hydrogen) atoms. The Hall–Kier alpha value is -3.11. The number of carbonyl (C=O) groups excluding carboxylic acids is 2. The summed E-state index contributed by atoms with van der Waals surface area (Å²) < 4.78 is 44.0. The van der Waals surface area contributed by atoms with Gasteiger partial charge in [0.05, 0.1) is 18.1 Å². The molecule has 0 aromatic heterocycles. The van der Waals surface area contributed by atoms with Crippen LogP contribution in [0.1, 0.15) is 31.4 Å². The van der Waals surface area contributed by atoms with Crippen molar-refractivity contribution in [1.82, 2.24) is 4.72 Å². The van der Waals surface area contributed by atoms with E-state index in [1.54, 1.807) is 6.07 Å². The number of ether oxygens (including phenoxy) is 3. The highest BCUT2D eigenvalue weighted by atomic mass is 32.2. The molecule has 0 aliphatic carbocycles. The summed E-state index contributed by atoms with van der Waals surface area (Å²) in [6.45, 7) is 7.46. The largest absolute Gasteiger partial charge is 0.490 e. The van der Waals surface area contributed by atoms with Gasteiger partial charge in [-0.15, -0.1) is 0 Å². The highest BCUT2D eigenvalue weighted by Gasteiger charge is 2.27. The van der Waals surface area contributed by atoms with Gasteiger partial charge in [0.25, 0.3) is 5.91 Å². The van der Waals surface area contributed by atoms with Crippen LogP contribution in [0, 0.1) is 13.8 Å². The number of fused-ring (bicyclic) bond motifs is 1. The zero-order valence-electron chi connectivity index (χ0n) is 19.0. The van der Waals surface area contributed by atoms with Crippen LogP contribution in [0.4, 0.5) is 5.69 Å². The Morgan fingerprint density at radius 2 is 1.70 bits per heavy atom. The van der Waals surface area contributed by atoms with Crippen LogP contribution in [-0.4, -0.2) is 45.7 Å². The molecule has 3 rings (SSSR count). The van der Waals surface area contributed by atoms with E-state index in [0.717, 1.165) is 11.1 Å². The van der Waals surface area contributed by atoms with Gasteiger partial charge in [-0.05, 0) is 51.5 Å². The maximum absolute atomic E-state index is 12.8. The molecule has 0 spiro atoms. The molecular formula is C23H28N2O7S. The van der Waals surface area contributed by atoms with E-state index in [0.29, 0.717) is 36.8 Å².